The summed E-state index contributed by atoms with van der Waals surface area (Å²) in [5.74, 6) is 1.03. The maximum Gasteiger partial charge on any atom is 0.150 e. The van der Waals surface area contributed by atoms with E-state index < -0.39 is 0 Å². The molecule has 1 aromatic heterocycles. The zero-order valence-corrected chi connectivity index (χ0v) is 10.9. The van der Waals surface area contributed by atoms with Crippen molar-refractivity contribution in [2.24, 2.45) is 5.41 Å². The van der Waals surface area contributed by atoms with Crippen LogP contribution in [-0.2, 0) is 11.3 Å². The van der Waals surface area contributed by atoms with Gasteiger partial charge in [-0.2, -0.15) is 0 Å². The van der Waals surface area contributed by atoms with Gasteiger partial charge in [-0.25, -0.2) is 0 Å². The van der Waals surface area contributed by atoms with Gasteiger partial charge in [0.1, 0.15) is 6.33 Å². The third-order valence-electron chi connectivity index (χ3n) is 3.57. The second kappa shape index (κ2) is 5.14. The molecule has 0 radical (unpaired) electrons. The number of piperidine rings is 1. The molecule has 0 amide bonds. The Labute approximate surface area is 103 Å². The van der Waals surface area contributed by atoms with Crippen molar-refractivity contribution in [2.45, 2.75) is 39.3 Å². The van der Waals surface area contributed by atoms with Crippen molar-refractivity contribution in [3.63, 3.8) is 0 Å². The van der Waals surface area contributed by atoms with E-state index in [0.717, 1.165) is 18.9 Å². The zero-order chi connectivity index (χ0) is 12.3. The van der Waals surface area contributed by atoms with Gasteiger partial charge in [-0.15, -0.1) is 10.2 Å². The first kappa shape index (κ1) is 12.5. The van der Waals surface area contributed by atoms with Crippen LogP contribution in [0.15, 0.2) is 6.33 Å². The van der Waals surface area contributed by atoms with Crippen molar-refractivity contribution in [2.75, 3.05) is 20.3 Å². The highest BCUT2D eigenvalue weighted by molar-refractivity contribution is 5.03. The quantitative estimate of drug-likeness (QED) is 0.861. The van der Waals surface area contributed by atoms with Gasteiger partial charge in [0, 0.05) is 13.7 Å². The van der Waals surface area contributed by atoms with Gasteiger partial charge in [0.2, 0.25) is 0 Å². The lowest BCUT2D eigenvalue weighted by Crippen LogP contribution is -2.41. The molecule has 5 heteroatoms. The monoisotopic (exact) mass is 238 g/mol. The maximum atomic E-state index is 5.11. The molecule has 1 unspecified atom stereocenters. The van der Waals surface area contributed by atoms with Crippen LogP contribution in [0.25, 0.3) is 0 Å². The fraction of sp³-hybridized carbons (Fsp3) is 0.833. The van der Waals surface area contributed by atoms with E-state index in [2.05, 4.69) is 33.9 Å². The number of rotatable bonds is 4. The van der Waals surface area contributed by atoms with Crippen molar-refractivity contribution in [1.82, 2.24) is 20.1 Å². The molecule has 1 aromatic rings. The number of ether oxygens (including phenoxy) is 1. The molecule has 96 valence electrons. The Morgan fingerprint density at radius 3 is 3.12 bits per heavy atom. The average Bonchev–Trinajstić information content (AvgIpc) is 2.73. The predicted octanol–water partition coefficient (Wildman–Crippen LogP) is 1.38. The minimum atomic E-state index is 0.232. The van der Waals surface area contributed by atoms with Crippen molar-refractivity contribution in [3.8, 4) is 0 Å². The summed E-state index contributed by atoms with van der Waals surface area (Å²) in [5.41, 5.74) is 0.232. The first-order valence-electron chi connectivity index (χ1n) is 6.25. The van der Waals surface area contributed by atoms with Crippen LogP contribution in [-0.4, -0.2) is 35.0 Å². The molecule has 0 saturated carbocycles. The topological polar surface area (TPSA) is 52.0 Å². The molecule has 17 heavy (non-hydrogen) atoms. The van der Waals surface area contributed by atoms with E-state index in [1.54, 1.807) is 13.4 Å². The maximum absolute atomic E-state index is 5.11. The molecule has 2 rings (SSSR count). The molecule has 1 N–H and O–H groups in total. The molecule has 1 saturated heterocycles. The van der Waals surface area contributed by atoms with Gasteiger partial charge in [0.05, 0.1) is 12.6 Å². The largest absolute Gasteiger partial charge is 0.383 e. The Morgan fingerprint density at radius 2 is 2.41 bits per heavy atom. The van der Waals surface area contributed by atoms with Crippen molar-refractivity contribution in [1.29, 1.82) is 0 Å². The minimum absolute atomic E-state index is 0.232. The van der Waals surface area contributed by atoms with E-state index in [4.69, 9.17) is 4.74 Å². The van der Waals surface area contributed by atoms with E-state index in [0.29, 0.717) is 6.61 Å². The molecule has 1 atom stereocenters. The van der Waals surface area contributed by atoms with E-state index in [-0.39, 0.29) is 11.5 Å². The third kappa shape index (κ3) is 2.66. The normalized spacial score (nSPS) is 23.8. The van der Waals surface area contributed by atoms with Crippen LogP contribution < -0.4 is 5.32 Å². The van der Waals surface area contributed by atoms with Gasteiger partial charge in [-0.3, -0.25) is 0 Å². The first-order valence-corrected chi connectivity index (χ1v) is 6.25. The average molecular weight is 238 g/mol. The minimum Gasteiger partial charge on any atom is -0.383 e. The molecule has 2 heterocycles. The second-order valence-electron chi connectivity index (χ2n) is 5.35. The van der Waals surface area contributed by atoms with Crippen LogP contribution in [0.4, 0.5) is 0 Å². The van der Waals surface area contributed by atoms with E-state index in [1.165, 1.54) is 12.8 Å². The summed E-state index contributed by atoms with van der Waals surface area (Å²) in [7, 11) is 1.72. The molecule has 0 aromatic carbocycles. The summed E-state index contributed by atoms with van der Waals surface area (Å²) in [6.07, 6.45) is 4.25. The number of methoxy groups -OCH3 is 1. The lowest BCUT2D eigenvalue weighted by atomic mass is 9.77. The fourth-order valence-electron chi connectivity index (χ4n) is 2.50. The second-order valence-corrected chi connectivity index (χ2v) is 5.35. The van der Waals surface area contributed by atoms with E-state index in [9.17, 15) is 0 Å². The molecule has 0 spiro atoms. The Balaban J connectivity index is 2.17. The molecule has 1 aliphatic heterocycles. The molecule has 1 aliphatic rings. The van der Waals surface area contributed by atoms with Crippen molar-refractivity contribution < 1.29 is 4.74 Å². The van der Waals surface area contributed by atoms with Gasteiger partial charge in [-0.05, 0) is 24.8 Å². The standard InChI is InChI=1S/C12H22N4O/c1-12(2)5-4-6-13-10(12)11-15-14-9-16(11)7-8-17-3/h9-10,13H,4-8H2,1-3H3. The molecular weight excluding hydrogens is 216 g/mol. The molecule has 0 aliphatic carbocycles. The van der Waals surface area contributed by atoms with Gasteiger partial charge >= 0.3 is 0 Å². The smallest absolute Gasteiger partial charge is 0.150 e. The highest BCUT2D eigenvalue weighted by Crippen LogP contribution is 2.39. The van der Waals surface area contributed by atoms with Crippen LogP contribution in [0.2, 0.25) is 0 Å². The number of hydrogen-bond donors (Lipinski definition) is 1. The highest BCUT2D eigenvalue weighted by atomic mass is 16.5. The number of nitrogens with one attached hydrogen (secondary N) is 1. The Hall–Kier alpha value is -0.940. The molecular formula is C12H22N4O. The van der Waals surface area contributed by atoms with Crippen LogP contribution in [0.3, 0.4) is 0 Å². The Kier molecular flexibility index (Phi) is 3.79. The summed E-state index contributed by atoms with van der Waals surface area (Å²) < 4.78 is 7.20. The van der Waals surface area contributed by atoms with Crippen LogP contribution in [0.1, 0.15) is 38.6 Å². The molecule has 0 bridgehead atoms. The molecule has 1 fully saturated rings. The lowest BCUT2D eigenvalue weighted by Gasteiger charge is -2.38. The number of aromatic nitrogens is 3. The summed E-state index contributed by atoms with van der Waals surface area (Å²) in [5, 5.41) is 11.9. The summed E-state index contributed by atoms with van der Waals surface area (Å²) in [6, 6.07) is 0.288. The van der Waals surface area contributed by atoms with E-state index >= 15 is 0 Å². The van der Waals surface area contributed by atoms with Crippen LogP contribution in [0, 0.1) is 5.41 Å². The summed E-state index contributed by atoms with van der Waals surface area (Å²) in [6.45, 7) is 7.15. The highest BCUT2D eigenvalue weighted by Gasteiger charge is 2.36. The Bertz CT molecular complexity index is 361. The number of nitrogens with zero attached hydrogens (tertiary/aromatic N) is 3. The number of hydrogen-bond acceptors (Lipinski definition) is 4. The molecule has 5 nitrogen and oxygen atoms in total. The van der Waals surface area contributed by atoms with Crippen LogP contribution in [0.5, 0.6) is 0 Å². The van der Waals surface area contributed by atoms with Crippen LogP contribution >= 0.6 is 0 Å². The first-order chi connectivity index (χ1) is 8.15. The third-order valence-corrected chi connectivity index (χ3v) is 3.57. The van der Waals surface area contributed by atoms with Gasteiger partial charge in [0.25, 0.3) is 0 Å². The zero-order valence-electron chi connectivity index (χ0n) is 10.9. The van der Waals surface area contributed by atoms with Gasteiger partial charge < -0.3 is 14.6 Å². The van der Waals surface area contributed by atoms with Crippen molar-refractivity contribution >= 4 is 0 Å². The summed E-state index contributed by atoms with van der Waals surface area (Å²) in [4.78, 5) is 0. The fourth-order valence-corrected chi connectivity index (χ4v) is 2.50. The lowest BCUT2D eigenvalue weighted by molar-refractivity contribution is 0.160. The van der Waals surface area contributed by atoms with Gasteiger partial charge in [0.15, 0.2) is 5.82 Å². The van der Waals surface area contributed by atoms with Gasteiger partial charge in [-0.1, -0.05) is 13.8 Å². The van der Waals surface area contributed by atoms with E-state index in [1.807, 2.05) is 0 Å². The Morgan fingerprint density at radius 1 is 1.59 bits per heavy atom. The van der Waals surface area contributed by atoms with Crippen molar-refractivity contribution in [3.05, 3.63) is 12.2 Å². The SMILES string of the molecule is COCCn1cnnc1C1NCCCC1(C)C. The predicted molar refractivity (Wildman–Crippen MR) is 65.7 cm³/mol. The summed E-state index contributed by atoms with van der Waals surface area (Å²) >= 11 is 0.